The van der Waals surface area contributed by atoms with Crippen molar-refractivity contribution < 1.29 is 14.7 Å². The lowest BCUT2D eigenvalue weighted by atomic mass is 9.79. The van der Waals surface area contributed by atoms with Crippen molar-refractivity contribution in [2.75, 3.05) is 6.54 Å². The zero-order valence-electron chi connectivity index (χ0n) is 12.8. The number of amides is 1. The van der Waals surface area contributed by atoms with Gasteiger partial charge in [-0.25, -0.2) is 0 Å². The topological polar surface area (TPSA) is 84.2 Å². The van der Waals surface area contributed by atoms with Crippen molar-refractivity contribution in [1.29, 1.82) is 0 Å². The van der Waals surface area contributed by atoms with E-state index in [9.17, 15) is 14.7 Å². The molecule has 0 spiro atoms. The molecule has 2 unspecified atom stereocenters. The van der Waals surface area contributed by atoms with E-state index < -0.39 is 5.97 Å². The van der Waals surface area contributed by atoms with E-state index in [1.54, 1.807) is 11.7 Å². The minimum atomic E-state index is -0.748. The average molecular weight is 293 g/mol. The summed E-state index contributed by atoms with van der Waals surface area (Å²) in [5, 5.41) is 16.4. The molecule has 21 heavy (non-hydrogen) atoms. The van der Waals surface area contributed by atoms with Crippen LogP contribution in [0.4, 0.5) is 0 Å². The summed E-state index contributed by atoms with van der Waals surface area (Å²) in [6.45, 7) is 4.09. The first-order chi connectivity index (χ1) is 9.91. The van der Waals surface area contributed by atoms with Gasteiger partial charge in [-0.15, -0.1) is 0 Å². The molecule has 1 saturated carbocycles. The maximum Gasteiger partial charge on any atom is 0.306 e. The van der Waals surface area contributed by atoms with Gasteiger partial charge in [-0.05, 0) is 32.6 Å². The number of carboxylic acids is 1. The van der Waals surface area contributed by atoms with Crippen LogP contribution in [0.15, 0.2) is 0 Å². The zero-order valence-corrected chi connectivity index (χ0v) is 12.8. The van der Waals surface area contributed by atoms with E-state index in [2.05, 4.69) is 10.4 Å². The van der Waals surface area contributed by atoms with E-state index in [0.29, 0.717) is 24.2 Å². The molecule has 6 nitrogen and oxygen atoms in total. The molecule has 1 aromatic rings. The minimum absolute atomic E-state index is 0.0254. The Morgan fingerprint density at radius 1 is 1.33 bits per heavy atom. The van der Waals surface area contributed by atoms with E-state index in [1.807, 2.05) is 13.8 Å². The summed E-state index contributed by atoms with van der Waals surface area (Å²) >= 11 is 0. The summed E-state index contributed by atoms with van der Waals surface area (Å²) < 4.78 is 1.69. The van der Waals surface area contributed by atoms with Crippen molar-refractivity contribution in [3.63, 3.8) is 0 Å². The summed E-state index contributed by atoms with van der Waals surface area (Å²) in [4.78, 5) is 23.6. The van der Waals surface area contributed by atoms with Gasteiger partial charge in [-0.2, -0.15) is 5.10 Å². The monoisotopic (exact) mass is 293 g/mol. The molecule has 0 aromatic carbocycles. The van der Waals surface area contributed by atoms with E-state index in [1.165, 1.54) is 0 Å². The highest BCUT2D eigenvalue weighted by Gasteiger charge is 2.31. The Hall–Kier alpha value is -1.85. The van der Waals surface area contributed by atoms with Gasteiger partial charge >= 0.3 is 5.97 Å². The number of nitrogens with zero attached hydrogens (tertiary/aromatic N) is 2. The summed E-state index contributed by atoms with van der Waals surface area (Å²) in [6.07, 6.45) is 3.57. The SMILES string of the molecule is Cc1nn(C)c(C)c1C(=O)NCC1CCCCC1C(=O)O. The normalized spacial score (nSPS) is 22.0. The van der Waals surface area contributed by atoms with Crippen LogP contribution in [0, 0.1) is 25.7 Å². The van der Waals surface area contributed by atoms with Crippen molar-refractivity contribution in [2.24, 2.45) is 18.9 Å². The van der Waals surface area contributed by atoms with Gasteiger partial charge in [-0.1, -0.05) is 12.8 Å². The summed E-state index contributed by atoms with van der Waals surface area (Å²) in [5.41, 5.74) is 2.12. The fourth-order valence-electron chi connectivity index (χ4n) is 3.19. The van der Waals surface area contributed by atoms with Crippen LogP contribution >= 0.6 is 0 Å². The number of rotatable bonds is 4. The summed E-state index contributed by atoms with van der Waals surface area (Å²) in [5.74, 6) is -1.22. The Bertz CT molecular complexity index is 551. The average Bonchev–Trinajstić information content (AvgIpc) is 2.70. The predicted octanol–water partition coefficient (Wildman–Crippen LogP) is 1.66. The smallest absolute Gasteiger partial charge is 0.306 e. The number of aliphatic carboxylic acids is 1. The van der Waals surface area contributed by atoms with Crippen LogP contribution in [0.2, 0.25) is 0 Å². The molecule has 0 aliphatic heterocycles. The Kier molecular flexibility index (Phi) is 4.65. The highest BCUT2D eigenvalue weighted by Crippen LogP contribution is 2.29. The van der Waals surface area contributed by atoms with Gasteiger partial charge in [0.15, 0.2) is 0 Å². The van der Waals surface area contributed by atoms with E-state index in [0.717, 1.165) is 25.0 Å². The molecule has 0 radical (unpaired) electrons. The fraction of sp³-hybridized carbons (Fsp3) is 0.667. The number of carboxylic acid groups (broad SMARTS) is 1. The lowest BCUT2D eigenvalue weighted by Gasteiger charge is -2.28. The van der Waals surface area contributed by atoms with Gasteiger partial charge in [0.05, 0.1) is 17.2 Å². The van der Waals surface area contributed by atoms with E-state index in [4.69, 9.17) is 0 Å². The number of aromatic nitrogens is 2. The lowest BCUT2D eigenvalue weighted by molar-refractivity contribution is -0.144. The van der Waals surface area contributed by atoms with Crippen molar-refractivity contribution in [3.8, 4) is 0 Å². The van der Waals surface area contributed by atoms with Gasteiger partial charge in [0.2, 0.25) is 0 Å². The Labute approximate surface area is 124 Å². The van der Waals surface area contributed by atoms with Crippen LogP contribution in [0.1, 0.15) is 47.4 Å². The number of carbonyl (C=O) groups excluding carboxylic acids is 1. The number of hydrogen-bond acceptors (Lipinski definition) is 3. The van der Waals surface area contributed by atoms with Crippen LogP contribution in [-0.2, 0) is 11.8 Å². The second-order valence-corrected chi connectivity index (χ2v) is 5.87. The van der Waals surface area contributed by atoms with Gasteiger partial charge in [-0.3, -0.25) is 14.3 Å². The van der Waals surface area contributed by atoms with Crippen LogP contribution in [0.5, 0.6) is 0 Å². The summed E-state index contributed by atoms with van der Waals surface area (Å²) in [7, 11) is 1.81. The molecule has 0 saturated heterocycles. The van der Waals surface area contributed by atoms with Crippen LogP contribution in [0.3, 0.4) is 0 Å². The Morgan fingerprint density at radius 3 is 2.57 bits per heavy atom. The second-order valence-electron chi connectivity index (χ2n) is 5.87. The first-order valence-corrected chi connectivity index (χ1v) is 7.43. The molecule has 116 valence electrons. The van der Waals surface area contributed by atoms with Crippen LogP contribution in [-0.4, -0.2) is 33.3 Å². The third-order valence-electron chi connectivity index (χ3n) is 4.49. The molecule has 2 rings (SSSR count). The molecule has 2 N–H and O–H groups in total. The molecule has 1 aliphatic carbocycles. The molecule has 1 amide bonds. The maximum atomic E-state index is 12.3. The molecule has 2 atom stereocenters. The molecular formula is C15H23N3O3. The summed E-state index contributed by atoms with van der Waals surface area (Å²) in [6, 6.07) is 0. The van der Waals surface area contributed by atoms with Crippen molar-refractivity contribution in [3.05, 3.63) is 17.0 Å². The lowest BCUT2D eigenvalue weighted by Crippen LogP contribution is -2.37. The molecular weight excluding hydrogens is 270 g/mol. The molecule has 1 aromatic heterocycles. The van der Waals surface area contributed by atoms with Crippen molar-refractivity contribution in [1.82, 2.24) is 15.1 Å². The fourth-order valence-corrected chi connectivity index (χ4v) is 3.19. The molecule has 0 bridgehead atoms. The third-order valence-corrected chi connectivity index (χ3v) is 4.49. The Morgan fingerprint density at radius 2 is 2.00 bits per heavy atom. The highest BCUT2D eigenvalue weighted by atomic mass is 16.4. The largest absolute Gasteiger partial charge is 0.481 e. The predicted molar refractivity (Wildman–Crippen MR) is 78.1 cm³/mol. The van der Waals surface area contributed by atoms with Gasteiger partial charge in [0.25, 0.3) is 5.91 Å². The van der Waals surface area contributed by atoms with Crippen LogP contribution < -0.4 is 5.32 Å². The first-order valence-electron chi connectivity index (χ1n) is 7.43. The maximum absolute atomic E-state index is 12.3. The molecule has 1 heterocycles. The van der Waals surface area contributed by atoms with E-state index >= 15 is 0 Å². The second kappa shape index (κ2) is 6.28. The highest BCUT2D eigenvalue weighted by molar-refractivity contribution is 5.96. The Balaban J connectivity index is 2.01. The number of carbonyl (C=O) groups is 2. The standard InChI is InChI=1S/C15H23N3O3/c1-9-13(10(2)18(3)17-9)14(19)16-8-11-6-4-5-7-12(11)15(20)21/h11-12H,4-8H2,1-3H3,(H,16,19)(H,20,21). The van der Waals surface area contributed by atoms with E-state index in [-0.39, 0.29) is 17.7 Å². The third kappa shape index (κ3) is 3.25. The van der Waals surface area contributed by atoms with Crippen molar-refractivity contribution >= 4 is 11.9 Å². The molecule has 1 aliphatic rings. The quantitative estimate of drug-likeness (QED) is 0.884. The molecule has 1 fully saturated rings. The number of hydrogen-bond donors (Lipinski definition) is 2. The minimum Gasteiger partial charge on any atom is -0.481 e. The van der Waals surface area contributed by atoms with Gasteiger partial charge in [0.1, 0.15) is 0 Å². The van der Waals surface area contributed by atoms with Crippen LogP contribution in [0.25, 0.3) is 0 Å². The van der Waals surface area contributed by atoms with Gasteiger partial charge < -0.3 is 10.4 Å². The number of nitrogens with one attached hydrogen (secondary N) is 1. The molecule has 6 heteroatoms. The number of aryl methyl sites for hydroxylation is 2. The van der Waals surface area contributed by atoms with Gasteiger partial charge in [0, 0.05) is 19.3 Å². The van der Waals surface area contributed by atoms with Crippen molar-refractivity contribution in [2.45, 2.75) is 39.5 Å². The first kappa shape index (κ1) is 15.5. The zero-order chi connectivity index (χ0) is 15.6.